The van der Waals surface area contributed by atoms with Crippen LogP contribution in [0.1, 0.15) is 25.3 Å². The van der Waals surface area contributed by atoms with Crippen LogP contribution in [-0.2, 0) is 11.3 Å². The van der Waals surface area contributed by atoms with Crippen molar-refractivity contribution in [3.05, 3.63) is 35.9 Å². The fourth-order valence-corrected chi connectivity index (χ4v) is 1.80. The molecule has 1 aliphatic rings. The van der Waals surface area contributed by atoms with E-state index in [-0.39, 0.29) is 6.09 Å². The zero-order chi connectivity index (χ0) is 11.4. The van der Waals surface area contributed by atoms with E-state index in [1.54, 1.807) is 0 Å². The molecule has 2 atom stereocenters. The van der Waals surface area contributed by atoms with Gasteiger partial charge in [-0.2, -0.15) is 0 Å². The van der Waals surface area contributed by atoms with E-state index in [4.69, 9.17) is 4.74 Å². The molecule has 1 aromatic carbocycles. The minimum atomic E-state index is -0.305. The molecular weight excluding hydrogens is 202 g/mol. The minimum absolute atomic E-state index is 0.305. The van der Waals surface area contributed by atoms with Gasteiger partial charge in [0, 0.05) is 6.04 Å². The van der Waals surface area contributed by atoms with E-state index in [9.17, 15) is 4.79 Å². The van der Waals surface area contributed by atoms with Gasteiger partial charge in [0.2, 0.25) is 0 Å². The average molecular weight is 219 g/mol. The molecule has 0 radical (unpaired) electrons. The Morgan fingerprint density at radius 1 is 1.38 bits per heavy atom. The number of amides is 1. The van der Waals surface area contributed by atoms with Gasteiger partial charge in [-0.05, 0) is 24.3 Å². The summed E-state index contributed by atoms with van der Waals surface area (Å²) in [6.07, 6.45) is 1.96. The van der Waals surface area contributed by atoms with Crippen LogP contribution in [0.15, 0.2) is 30.3 Å². The first-order valence-corrected chi connectivity index (χ1v) is 5.73. The van der Waals surface area contributed by atoms with Gasteiger partial charge >= 0.3 is 6.09 Å². The Morgan fingerprint density at radius 2 is 2.12 bits per heavy atom. The van der Waals surface area contributed by atoms with Crippen molar-refractivity contribution in [2.75, 3.05) is 0 Å². The summed E-state index contributed by atoms with van der Waals surface area (Å²) < 4.78 is 5.13. The summed E-state index contributed by atoms with van der Waals surface area (Å²) in [5.74, 6) is 0.587. The molecule has 1 N–H and O–H groups in total. The molecule has 16 heavy (non-hydrogen) atoms. The highest BCUT2D eigenvalue weighted by Crippen LogP contribution is 2.26. The lowest BCUT2D eigenvalue weighted by molar-refractivity contribution is 0.121. The van der Waals surface area contributed by atoms with Crippen molar-refractivity contribution in [1.82, 2.24) is 5.32 Å². The predicted octanol–water partition coefficient (Wildman–Crippen LogP) is 2.71. The Balaban J connectivity index is 1.72. The molecule has 1 aromatic rings. The standard InChI is InChI=1S/C13H17NO2/c1-10-7-8-12(10)14-13(15)16-9-11-5-3-2-4-6-11/h2-6,10,12H,7-9H2,1H3,(H,14,15)/t10-,12+/m1/s1. The number of benzene rings is 1. The Hall–Kier alpha value is -1.51. The van der Waals surface area contributed by atoms with Gasteiger partial charge in [-0.15, -0.1) is 0 Å². The monoisotopic (exact) mass is 219 g/mol. The van der Waals surface area contributed by atoms with E-state index < -0.39 is 0 Å². The number of carbonyl (C=O) groups is 1. The Labute approximate surface area is 95.8 Å². The highest BCUT2D eigenvalue weighted by molar-refractivity contribution is 5.67. The first kappa shape index (κ1) is 11.0. The van der Waals surface area contributed by atoms with E-state index in [1.165, 1.54) is 6.42 Å². The van der Waals surface area contributed by atoms with Crippen molar-refractivity contribution in [3.63, 3.8) is 0 Å². The van der Waals surface area contributed by atoms with E-state index in [2.05, 4.69) is 12.2 Å². The molecule has 86 valence electrons. The highest BCUT2D eigenvalue weighted by Gasteiger charge is 2.28. The molecule has 0 bridgehead atoms. The van der Waals surface area contributed by atoms with Gasteiger partial charge in [-0.1, -0.05) is 37.3 Å². The highest BCUT2D eigenvalue weighted by atomic mass is 16.5. The summed E-state index contributed by atoms with van der Waals surface area (Å²) >= 11 is 0. The molecule has 3 heteroatoms. The van der Waals surface area contributed by atoms with Crippen molar-refractivity contribution in [2.45, 2.75) is 32.4 Å². The fraction of sp³-hybridized carbons (Fsp3) is 0.462. The lowest BCUT2D eigenvalue weighted by Crippen LogP contribution is -2.45. The molecule has 0 aromatic heterocycles. The number of rotatable bonds is 3. The maximum Gasteiger partial charge on any atom is 0.407 e. The van der Waals surface area contributed by atoms with Crippen LogP contribution in [0.25, 0.3) is 0 Å². The van der Waals surface area contributed by atoms with Crippen LogP contribution in [0.3, 0.4) is 0 Å². The summed E-state index contributed by atoms with van der Waals surface area (Å²) in [5, 5.41) is 2.88. The maximum atomic E-state index is 11.4. The van der Waals surface area contributed by atoms with Gasteiger partial charge in [-0.3, -0.25) is 0 Å². The number of nitrogens with one attached hydrogen (secondary N) is 1. The molecule has 1 fully saturated rings. The van der Waals surface area contributed by atoms with Crippen LogP contribution < -0.4 is 5.32 Å². The number of hydrogen-bond donors (Lipinski definition) is 1. The summed E-state index contributed by atoms with van der Waals surface area (Å²) in [7, 11) is 0. The molecule has 3 nitrogen and oxygen atoms in total. The lowest BCUT2D eigenvalue weighted by Gasteiger charge is -2.33. The summed E-state index contributed by atoms with van der Waals surface area (Å²) in [6, 6.07) is 10.0. The lowest BCUT2D eigenvalue weighted by atomic mass is 9.81. The van der Waals surface area contributed by atoms with Crippen LogP contribution in [0.5, 0.6) is 0 Å². The first-order chi connectivity index (χ1) is 7.75. The maximum absolute atomic E-state index is 11.4. The Bertz CT molecular complexity index is 350. The zero-order valence-electron chi connectivity index (χ0n) is 9.48. The topological polar surface area (TPSA) is 38.3 Å². The SMILES string of the molecule is C[C@@H]1CC[C@@H]1NC(=O)OCc1ccccc1. The van der Waals surface area contributed by atoms with Gasteiger partial charge in [0.05, 0.1) is 0 Å². The predicted molar refractivity (Wildman–Crippen MR) is 61.9 cm³/mol. The molecule has 2 rings (SSSR count). The molecule has 1 aliphatic carbocycles. The zero-order valence-corrected chi connectivity index (χ0v) is 9.48. The van der Waals surface area contributed by atoms with Crippen LogP contribution >= 0.6 is 0 Å². The number of hydrogen-bond acceptors (Lipinski definition) is 2. The van der Waals surface area contributed by atoms with Crippen molar-refractivity contribution in [1.29, 1.82) is 0 Å². The summed E-state index contributed by atoms with van der Waals surface area (Å²) in [4.78, 5) is 11.4. The third-order valence-electron chi connectivity index (χ3n) is 3.14. The first-order valence-electron chi connectivity index (χ1n) is 5.73. The second kappa shape index (κ2) is 5.01. The molecule has 1 amide bonds. The Kier molecular flexibility index (Phi) is 3.44. The van der Waals surface area contributed by atoms with Crippen LogP contribution in [0.4, 0.5) is 4.79 Å². The van der Waals surface area contributed by atoms with Crippen molar-refractivity contribution < 1.29 is 9.53 Å². The fourth-order valence-electron chi connectivity index (χ4n) is 1.80. The molecular formula is C13H17NO2. The van der Waals surface area contributed by atoms with Gasteiger partial charge in [-0.25, -0.2) is 4.79 Å². The van der Waals surface area contributed by atoms with E-state index in [0.29, 0.717) is 18.6 Å². The number of ether oxygens (including phenoxy) is 1. The third kappa shape index (κ3) is 2.75. The van der Waals surface area contributed by atoms with Crippen LogP contribution in [0, 0.1) is 5.92 Å². The second-order valence-electron chi connectivity index (χ2n) is 4.37. The van der Waals surface area contributed by atoms with Gasteiger partial charge in [0.1, 0.15) is 6.61 Å². The van der Waals surface area contributed by atoms with Crippen LogP contribution in [-0.4, -0.2) is 12.1 Å². The van der Waals surface area contributed by atoms with Gasteiger partial charge in [0.15, 0.2) is 0 Å². The normalized spacial score (nSPS) is 23.3. The number of alkyl carbamates (subject to hydrolysis) is 1. The second-order valence-corrected chi connectivity index (χ2v) is 4.37. The molecule has 0 saturated heterocycles. The van der Waals surface area contributed by atoms with E-state index >= 15 is 0 Å². The summed E-state index contributed by atoms with van der Waals surface area (Å²) in [5.41, 5.74) is 1.01. The molecule has 0 heterocycles. The van der Waals surface area contributed by atoms with Crippen molar-refractivity contribution in [3.8, 4) is 0 Å². The Morgan fingerprint density at radius 3 is 2.69 bits per heavy atom. The smallest absolute Gasteiger partial charge is 0.407 e. The van der Waals surface area contributed by atoms with E-state index in [0.717, 1.165) is 12.0 Å². The van der Waals surface area contributed by atoms with Crippen molar-refractivity contribution >= 4 is 6.09 Å². The molecule has 0 unspecified atom stereocenters. The molecule has 0 aliphatic heterocycles. The third-order valence-corrected chi connectivity index (χ3v) is 3.14. The van der Waals surface area contributed by atoms with Crippen LogP contribution in [0.2, 0.25) is 0 Å². The molecule has 0 spiro atoms. The minimum Gasteiger partial charge on any atom is -0.445 e. The van der Waals surface area contributed by atoms with Gasteiger partial charge in [0.25, 0.3) is 0 Å². The largest absolute Gasteiger partial charge is 0.445 e. The molecule has 1 saturated carbocycles. The average Bonchev–Trinajstić information content (AvgIpc) is 2.33. The summed E-state index contributed by atoms with van der Waals surface area (Å²) in [6.45, 7) is 2.49. The quantitative estimate of drug-likeness (QED) is 0.848. The number of carbonyl (C=O) groups excluding carboxylic acids is 1. The van der Waals surface area contributed by atoms with Crippen molar-refractivity contribution in [2.24, 2.45) is 5.92 Å². The van der Waals surface area contributed by atoms with Gasteiger partial charge < -0.3 is 10.1 Å². The van der Waals surface area contributed by atoms with E-state index in [1.807, 2.05) is 30.3 Å².